The van der Waals surface area contributed by atoms with Crippen LogP contribution in [0.2, 0.25) is 0 Å². The number of rotatable bonds is 11. The minimum Gasteiger partial charge on any atom is -0.499 e. The van der Waals surface area contributed by atoms with Crippen LogP contribution in [0.25, 0.3) is 0 Å². The molecule has 0 fully saturated rings. The minimum atomic E-state index is -0.561. The molecule has 0 radical (unpaired) electrons. The third kappa shape index (κ3) is 11.3. The molecule has 0 saturated carbocycles. The molecule has 1 atom stereocenters. The molecule has 6 heteroatoms. The molecule has 0 aliphatic carbocycles. The molecule has 0 amide bonds. The van der Waals surface area contributed by atoms with Crippen LogP contribution >= 0.6 is 0 Å². The van der Waals surface area contributed by atoms with Gasteiger partial charge in [0, 0.05) is 31.4 Å². The van der Waals surface area contributed by atoms with E-state index in [-0.39, 0.29) is 12.6 Å². The second-order valence-corrected chi connectivity index (χ2v) is 3.86. The molecule has 1 unspecified atom stereocenters. The Kier molecular flexibility index (Phi) is 10.6. The lowest BCUT2D eigenvalue weighted by molar-refractivity contribution is -0.137. The van der Waals surface area contributed by atoms with Crippen molar-refractivity contribution in [2.45, 2.75) is 20.0 Å². The van der Waals surface area contributed by atoms with Crippen molar-refractivity contribution in [2.24, 2.45) is 0 Å². The van der Waals surface area contributed by atoms with Crippen LogP contribution in [0.4, 0.5) is 0 Å². The molecule has 0 aromatic carbocycles. The largest absolute Gasteiger partial charge is 0.499 e. The third-order valence-corrected chi connectivity index (χ3v) is 2.11. The highest BCUT2D eigenvalue weighted by Gasteiger charge is 2.02. The highest BCUT2D eigenvalue weighted by Crippen LogP contribution is 1.89. The average molecular weight is 272 g/mol. The predicted molar refractivity (Wildman–Crippen MR) is 73.4 cm³/mol. The van der Waals surface area contributed by atoms with Crippen molar-refractivity contribution in [1.29, 1.82) is 0 Å². The summed E-state index contributed by atoms with van der Waals surface area (Å²) in [4.78, 5) is 11.1. The Bertz CT molecular complexity index is 292. The summed E-state index contributed by atoms with van der Waals surface area (Å²) in [6.07, 6.45) is 2.15. The molecule has 0 spiro atoms. The molecule has 0 aromatic rings. The van der Waals surface area contributed by atoms with Gasteiger partial charge in [-0.25, -0.2) is 4.79 Å². The molecule has 0 bridgehead atoms. The van der Waals surface area contributed by atoms with Crippen molar-refractivity contribution in [2.75, 3.05) is 32.8 Å². The Morgan fingerprint density at radius 1 is 1.47 bits per heavy atom. The van der Waals surface area contributed by atoms with Crippen molar-refractivity contribution in [3.63, 3.8) is 0 Å². The quantitative estimate of drug-likeness (QED) is 0.215. The van der Waals surface area contributed by atoms with Gasteiger partial charge in [0.25, 0.3) is 0 Å². The van der Waals surface area contributed by atoms with Gasteiger partial charge in [0.15, 0.2) is 0 Å². The number of hydrogen-bond acceptors (Lipinski definition) is 6. The average Bonchev–Trinajstić information content (AvgIpc) is 2.36. The van der Waals surface area contributed by atoms with E-state index in [1.54, 1.807) is 13.8 Å². The summed E-state index contributed by atoms with van der Waals surface area (Å²) in [7, 11) is 0. The van der Waals surface area contributed by atoms with Crippen LogP contribution in [0.1, 0.15) is 13.8 Å². The van der Waals surface area contributed by atoms with E-state index in [2.05, 4.69) is 17.2 Å². The maximum atomic E-state index is 11.1. The molecule has 0 rings (SSSR count). The van der Waals surface area contributed by atoms with E-state index >= 15 is 0 Å². The lowest BCUT2D eigenvalue weighted by Crippen LogP contribution is -2.34. The molecule has 3 N–H and O–H groups in total. The maximum absolute atomic E-state index is 11.1. The van der Waals surface area contributed by atoms with Crippen LogP contribution in [-0.4, -0.2) is 50.0 Å². The number of hydrogen-bond donors (Lipinski definition) is 3. The number of esters is 1. The Morgan fingerprint density at radius 2 is 2.21 bits per heavy atom. The van der Waals surface area contributed by atoms with Gasteiger partial charge in [0.1, 0.15) is 12.7 Å². The van der Waals surface area contributed by atoms with E-state index in [1.807, 2.05) is 0 Å². The summed E-state index contributed by atoms with van der Waals surface area (Å²) >= 11 is 0. The zero-order chi connectivity index (χ0) is 14.5. The summed E-state index contributed by atoms with van der Waals surface area (Å²) in [6.45, 7) is 9.30. The summed E-state index contributed by atoms with van der Waals surface area (Å²) in [5.74, 6) is -0.350. The predicted octanol–water partition coefficient (Wildman–Crippen LogP) is 0.154. The van der Waals surface area contributed by atoms with Crippen LogP contribution < -0.4 is 10.6 Å². The normalized spacial score (nSPS) is 12.7. The highest BCUT2D eigenvalue weighted by atomic mass is 16.5. The minimum absolute atomic E-state index is 0.228. The molecule has 0 aliphatic heterocycles. The molecule has 0 heterocycles. The third-order valence-electron chi connectivity index (χ3n) is 2.11. The fourth-order valence-corrected chi connectivity index (χ4v) is 1.27. The Morgan fingerprint density at radius 3 is 2.84 bits per heavy atom. The van der Waals surface area contributed by atoms with Crippen molar-refractivity contribution >= 4 is 5.97 Å². The van der Waals surface area contributed by atoms with Gasteiger partial charge in [-0.1, -0.05) is 6.58 Å². The molecule has 19 heavy (non-hydrogen) atoms. The first-order chi connectivity index (χ1) is 9.10. The van der Waals surface area contributed by atoms with E-state index in [0.29, 0.717) is 26.2 Å². The number of carbonyl (C=O) groups excluding carboxylic acids is 1. The van der Waals surface area contributed by atoms with Crippen LogP contribution in [0, 0.1) is 0 Å². The lowest BCUT2D eigenvalue weighted by atomic mass is 10.3. The first-order valence-electron chi connectivity index (χ1n) is 6.30. The van der Waals surface area contributed by atoms with Gasteiger partial charge in [-0.2, -0.15) is 0 Å². The van der Waals surface area contributed by atoms with Gasteiger partial charge in [-0.05, 0) is 13.8 Å². The molecular formula is C13H24N2O4. The Hall–Kier alpha value is -1.53. The van der Waals surface area contributed by atoms with Gasteiger partial charge >= 0.3 is 5.97 Å². The van der Waals surface area contributed by atoms with Crippen LogP contribution in [-0.2, 0) is 14.3 Å². The van der Waals surface area contributed by atoms with E-state index in [0.717, 1.165) is 5.70 Å². The van der Waals surface area contributed by atoms with Crippen molar-refractivity contribution < 1.29 is 19.4 Å². The second kappa shape index (κ2) is 11.6. The number of ether oxygens (including phenoxy) is 2. The highest BCUT2D eigenvalue weighted by molar-refractivity contribution is 5.82. The zero-order valence-corrected chi connectivity index (χ0v) is 11.6. The molecule has 6 nitrogen and oxygen atoms in total. The molecule has 0 aromatic heterocycles. The van der Waals surface area contributed by atoms with Crippen molar-refractivity contribution in [1.82, 2.24) is 10.6 Å². The van der Waals surface area contributed by atoms with E-state index in [4.69, 9.17) is 9.47 Å². The Balaban J connectivity index is 3.57. The first-order valence-corrected chi connectivity index (χ1v) is 6.30. The van der Waals surface area contributed by atoms with Crippen LogP contribution in [0.3, 0.4) is 0 Å². The number of nitrogens with one attached hydrogen (secondary N) is 2. The summed E-state index contributed by atoms with van der Waals surface area (Å²) in [5, 5.41) is 15.6. The summed E-state index contributed by atoms with van der Waals surface area (Å²) < 4.78 is 9.64. The van der Waals surface area contributed by atoms with Gasteiger partial charge in [0.05, 0.1) is 12.9 Å². The van der Waals surface area contributed by atoms with Crippen LogP contribution in [0.15, 0.2) is 24.6 Å². The number of aliphatic hydroxyl groups is 1. The van der Waals surface area contributed by atoms with Gasteiger partial charge in [0.2, 0.25) is 0 Å². The van der Waals surface area contributed by atoms with Crippen molar-refractivity contribution in [3.05, 3.63) is 24.6 Å². The number of aliphatic hydroxyl groups excluding tert-OH is 1. The smallest absolute Gasteiger partial charge is 0.332 e. The number of allylic oxidation sites excluding steroid dienone is 1. The molecule has 110 valence electrons. The van der Waals surface area contributed by atoms with Gasteiger partial charge in [-0.3, -0.25) is 0 Å². The van der Waals surface area contributed by atoms with Gasteiger partial charge < -0.3 is 25.2 Å². The second-order valence-electron chi connectivity index (χ2n) is 3.86. The first kappa shape index (κ1) is 17.5. The Labute approximate surface area is 114 Å². The zero-order valence-electron chi connectivity index (χ0n) is 11.6. The standard InChI is InChI=1S/C13H24N2O4/c1-4-18-10-12(16)9-14-6-7-15-11(3)8-13(17)19-5-2/h4,8,12,14-16H,1,5-7,9-10H2,2-3H3/b11-8+. The SMILES string of the molecule is C=COCC(O)CNCCN/C(C)=C/C(=O)OCC. The monoisotopic (exact) mass is 272 g/mol. The van der Waals surface area contributed by atoms with E-state index < -0.39 is 6.10 Å². The van der Waals surface area contributed by atoms with E-state index in [1.165, 1.54) is 12.3 Å². The van der Waals surface area contributed by atoms with Crippen LogP contribution in [0.5, 0.6) is 0 Å². The van der Waals surface area contributed by atoms with Crippen molar-refractivity contribution in [3.8, 4) is 0 Å². The number of carbonyl (C=O) groups is 1. The molecule has 0 aliphatic rings. The topological polar surface area (TPSA) is 79.8 Å². The molecular weight excluding hydrogens is 248 g/mol. The van der Waals surface area contributed by atoms with E-state index in [9.17, 15) is 9.90 Å². The lowest BCUT2D eigenvalue weighted by Gasteiger charge is -2.12. The molecule has 0 saturated heterocycles. The fraction of sp³-hybridized carbons (Fsp3) is 0.615. The summed E-state index contributed by atoms with van der Waals surface area (Å²) in [6, 6.07) is 0. The maximum Gasteiger partial charge on any atom is 0.332 e. The summed E-state index contributed by atoms with van der Waals surface area (Å²) in [5.41, 5.74) is 0.746. The van der Waals surface area contributed by atoms with Gasteiger partial charge in [-0.15, -0.1) is 0 Å². The fourth-order valence-electron chi connectivity index (χ4n) is 1.27.